The van der Waals surface area contributed by atoms with Crippen LogP contribution in [0.25, 0.3) is 0 Å². The number of nitrogens with one attached hydrogen (secondary N) is 2. The van der Waals surface area contributed by atoms with Crippen molar-refractivity contribution in [3.05, 3.63) is 22.4 Å². The maximum atomic E-state index is 12.3. The molecule has 5 heteroatoms. The van der Waals surface area contributed by atoms with Crippen molar-refractivity contribution < 1.29 is 4.79 Å². The number of urea groups is 1. The fourth-order valence-corrected chi connectivity index (χ4v) is 3.73. The predicted molar refractivity (Wildman–Crippen MR) is 93.6 cm³/mol. The van der Waals surface area contributed by atoms with Crippen molar-refractivity contribution in [3.8, 4) is 0 Å². The summed E-state index contributed by atoms with van der Waals surface area (Å²) in [5.74, 6) is 0. The highest BCUT2D eigenvalue weighted by Gasteiger charge is 2.26. The highest BCUT2D eigenvalue weighted by atomic mass is 32.1. The van der Waals surface area contributed by atoms with Gasteiger partial charge in [0.1, 0.15) is 0 Å². The molecule has 2 rings (SSSR count). The van der Waals surface area contributed by atoms with Gasteiger partial charge in [-0.05, 0) is 24.3 Å². The van der Waals surface area contributed by atoms with Crippen molar-refractivity contribution in [2.75, 3.05) is 19.6 Å². The molecule has 1 aliphatic heterocycles. The van der Waals surface area contributed by atoms with Crippen LogP contribution >= 0.6 is 11.3 Å². The molecule has 2 amide bonds. The lowest BCUT2D eigenvalue weighted by atomic mass is 9.91. The minimum Gasteiger partial charge on any atom is -0.337 e. The van der Waals surface area contributed by atoms with Gasteiger partial charge in [-0.25, -0.2) is 4.79 Å². The lowest BCUT2D eigenvalue weighted by Crippen LogP contribution is -2.51. The van der Waals surface area contributed by atoms with Crippen molar-refractivity contribution >= 4 is 17.4 Å². The highest BCUT2D eigenvalue weighted by molar-refractivity contribution is 7.10. The van der Waals surface area contributed by atoms with Gasteiger partial charge in [-0.1, -0.05) is 33.8 Å². The summed E-state index contributed by atoms with van der Waals surface area (Å²) in [6.07, 6.45) is 2.08. The molecule has 0 saturated carbocycles. The van der Waals surface area contributed by atoms with E-state index in [0.29, 0.717) is 18.6 Å². The van der Waals surface area contributed by atoms with E-state index < -0.39 is 0 Å². The van der Waals surface area contributed by atoms with Crippen molar-refractivity contribution in [2.45, 2.75) is 58.0 Å². The van der Waals surface area contributed by atoms with Gasteiger partial charge in [0.15, 0.2) is 0 Å². The van der Waals surface area contributed by atoms with E-state index in [-0.39, 0.29) is 11.4 Å². The van der Waals surface area contributed by atoms with Crippen LogP contribution in [-0.4, -0.2) is 42.6 Å². The third kappa shape index (κ3) is 4.71. The second kappa shape index (κ2) is 7.47. The van der Waals surface area contributed by atoms with Crippen LogP contribution in [-0.2, 0) is 5.41 Å². The molecule has 0 spiro atoms. The number of thiophene rings is 1. The fraction of sp³-hybridized carbons (Fsp3) is 0.706. The molecule has 0 aromatic carbocycles. The van der Waals surface area contributed by atoms with E-state index in [1.165, 1.54) is 4.88 Å². The zero-order valence-corrected chi connectivity index (χ0v) is 15.0. The Morgan fingerprint density at radius 1 is 1.41 bits per heavy atom. The Labute approximate surface area is 138 Å². The molecule has 0 radical (unpaired) electrons. The van der Waals surface area contributed by atoms with E-state index in [2.05, 4.69) is 55.8 Å². The molecule has 1 aliphatic rings. The quantitative estimate of drug-likeness (QED) is 0.874. The van der Waals surface area contributed by atoms with Crippen LogP contribution in [0, 0.1) is 0 Å². The summed E-state index contributed by atoms with van der Waals surface area (Å²) in [6.45, 7) is 11.1. The van der Waals surface area contributed by atoms with Crippen molar-refractivity contribution in [1.82, 2.24) is 15.5 Å². The zero-order valence-electron chi connectivity index (χ0n) is 14.2. The Morgan fingerprint density at radius 2 is 2.09 bits per heavy atom. The third-order valence-electron chi connectivity index (χ3n) is 4.22. The van der Waals surface area contributed by atoms with Gasteiger partial charge in [-0.3, -0.25) is 0 Å². The zero-order chi connectivity index (χ0) is 16.2. The summed E-state index contributed by atoms with van der Waals surface area (Å²) >= 11 is 1.75. The normalized spacial score (nSPS) is 17.0. The van der Waals surface area contributed by atoms with Crippen LogP contribution < -0.4 is 10.6 Å². The molecule has 124 valence electrons. The van der Waals surface area contributed by atoms with Gasteiger partial charge in [0, 0.05) is 42.0 Å². The maximum Gasteiger partial charge on any atom is 0.317 e. The largest absolute Gasteiger partial charge is 0.337 e. The first kappa shape index (κ1) is 17.3. The van der Waals surface area contributed by atoms with E-state index in [0.717, 1.165) is 25.9 Å². The number of nitrogens with zero attached hydrogens (tertiary/aromatic N) is 1. The average molecular weight is 324 g/mol. The minimum absolute atomic E-state index is 0.0126. The van der Waals surface area contributed by atoms with E-state index in [9.17, 15) is 4.79 Å². The van der Waals surface area contributed by atoms with Gasteiger partial charge in [0.05, 0.1) is 0 Å². The number of hydrogen-bond acceptors (Lipinski definition) is 3. The molecule has 1 fully saturated rings. The topological polar surface area (TPSA) is 44.4 Å². The highest BCUT2D eigenvalue weighted by Crippen LogP contribution is 2.26. The molecule has 0 bridgehead atoms. The van der Waals surface area contributed by atoms with Crippen LogP contribution in [0.5, 0.6) is 0 Å². The first-order valence-electron chi connectivity index (χ1n) is 8.21. The van der Waals surface area contributed by atoms with Crippen molar-refractivity contribution in [1.29, 1.82) is 0 Å². The summed E-state index contributed by atoms with van der Waals surface area (Å²) < 4.78 is 0. The first-order chi connectivity index (χ1) is 10.4. The molecule has 1 saturated heterocycles. The number of hydrogen-bond donors (Lipinski definition) is 2. The van der Waals surface area contributed by atoms with E-state index in [4.69, 9.17) is 0 Å². The molecule has 2 heterocycles. The van der Waals surface area contributed by atoms with Gasteiger partial charge in [-0.15, -0.1) is 11.3 Å². The van der Waals surface area contributed by atoms with Crippen LogP contribution in [0.15, 0.2) is 17.5 Å². The number of likely N-dealkylation sites (tertiary alicyclic amines) is 1. The summed E-state index contributed by atoms with van der Waals surface area (Å²) in [6, 6.07) is 5.34. The summed E-state index contributed by atoms with van der Waals surface area (Å²) in [5.41, 5.74) is -0.0126. The van der Waals surface area contributed by atoms with E-state index >= 15 is 0 Å². The lowest BCUT2D eigenvalue weighted by Gasteiger charge is -2.34. The Kier molecular flexibility index (Phi) is 5.87. The van der Waals surface area contributed by atoms with Gasteiger partial charge >= 0.3 is 6.03 Å². The van der Waals surface area contributed by atoms with Gasteiger partial charge in [0.2, 0.25) is 0 Å². The standard InChI is InChI=1S/C17H29N3OS/c1-13(2)19-14-7-9-20(10-8-14)16(21)18-12-17(3,4)15-6-5-11-22-15/h5-6,11,13-14,19H,7-10,12H2,1-4H3,(H,18,21). The Hall–Kier alpha value is -1.07. The number of amides is 2. The Bertz CT molecular complexity index is 462. The molecule has 4 nitrogen and oxygen atoms in total. The van der Waals surface area contributed by atoms with Gasteiger partial charge in [0.25, 0.3) is 0 Å². The Morgan fingerprint density at radius 3 is 2.64 bits per heavy atom. The first-order valence-corrected chi connectivity index (χ1v) is 9.09. The number of rotatable bonds is 5. The van der Waals surface area contributed by atoms with Gasteiger partial charge < -0.3 is 15.5 Å². The molecular formula is C17H29N3OS. The number of piperidine rings is 1. The second-order valence-corrected chi connectivity index (χ2v) is 8.05. The molecule has 0 unspecified atom stereocenters. The van der Waals surface area contributed by atoms with Gasteiger partial charge in [-0.2, -0.15) is 0 Å². The van der Waals surface area contributed by atoms with E-state index in [1.54, 1.807) is 11.3 Å². The summed E-state index contributed by atoms with van der Waals surface area (Å²) in [7, 11) is 0. The number of carbonyl (C=O) groups is 1. The van der Waals surface area contributed by atoms with Crippen molar-refractivity contribution in [3.63, 3.8) is 0 Å². The van der Waals surface area contributed by atoms with Crippen LogP contribution in [0.4, 0.5) is 4.79 Å². The van der Waals surface area contributed by atoms with Crippen molar-refractivity contribution in [2.24, 2.45) is 0 Å². The molecule has 1 aromatic rings. The SMILES string of the molecule is CC(C)NC1CCN(C(=O)NCC(C)(C)c2cccs2)CC1. The van der Waals surface area contributed by atoms with Crippen LogP contribution in [0.1, 0.15) is 45.4 Å². The average Bonchev–Trinajstić information content (AvgIpc) is 3.00. The lowest BCUT2D eigenvalue weighted by molar-refractivity contribution is 0.173. The molecule has 0 aliphatic carbocycles. The second-order valence-electron chi connectivity index (χ2n) is 7.10. The molecule has 2 N–H and O–H groups in total. The molecule has 0 atom stereocenters. The summed E-state index contributed by atoms with van der Waals surface area (Å²) in [4.78, 5) is 15.6. The number of carbonyl (C=O) groups excluding carboxylic acids is 1. The van der Waals surface area contributed by atoms with Crippen LogP contribution in [0.3, 0.4) is 0 Å². The smallest absolute Gasteiger partial charge is 0.317 e. The molecule has 1 aromatic heterocycles. The fourth-order valence-electron chi connectivity index (χ4n) is 2.88. The van der Waals surface area contributed by atoms with Crippen LogP contribution in [0.2, 0.25) is 0 Å². The summed E-state index contributed by atoms with van der Waals surface area (Å²) in [5, 5.41) is 8.76. The Balaban J connectivity index is 1.77. The predicted octanol–water partition coefficient (Wildman–Crippen LogP) is 3.20. The molecular weight excluding hydrogens is 294 g/mol. The monoisotopic (exact) mass is 323 g/mol. The third-order valence-corrected chi connectivity index (χ3v) is 5.46. The van der Waals surface area contributed by atoms with E-state index in [1.807, 2.05) is 4.90 Å². The minimum atomic E-state index is -0.0126. The maximum absolute atomic E-state index is 12.3. The molecule has 22 heavy (non-hydrogen) atoms.